The number of benzene rings is 1. The Bertz CT molecular complexity index is 318. The van der Waals surface area contributed by atoms with Crippen LogP contribution in [0.2, 0.25) is 0 Å². The molecule has 0 fully saturated rings. The second-order valence-corrected chi connectivity index (χ2v) is 4.14. The maximum absolute atomic E-state index is 9.13. The molecule has 0 saturated heterocycles. The fraction of sp³-hybridized carbons (Fsp3) is 0.467. The quantitative estimate of drug-likeness (QED) is 0.541. The van der Waals surface area contributed by atoms with Crippen LogP contribution in [0.15, 0.2) is 24.3 Å². The summed E-state index contributed by atoms with van der Waals surface area (Å²) in [6.07, 6.45) is 13.4. The molecular weight excluding hydrogens is 196 g/mol. The summed E-state index contributed by atoms with van der Waals surface area (Å²) in [6, 6.07) is 7.49. The van der Waals surface area contributed by atoms with Crippen LogP contribution in [0.25, 0.3) is 0 Å². The van der Waals surface area contributed by atoms with Crippen molar-refractivity contribution in [2.75, 3.05) is 0 Å². The number of hydrogen-bond acceptors (Lipinski definition) is 1. The number of rotatable bonds is 7. The number of aromatic hydroxyl groups is 1. The molecule has 86 valence electrons. The van der Waals surface area contributed by atoms with Crippen molar-refractivity contribution < 1.29 is 5.11 Å². The predicted octanol–water partition coefficient (Wildman–Crippen LogP) is 3.91. The van der Waals surface area contributed by atoms with Crippen LogP contribution in [0.1, 0.15) is 44.1 Å². The second kappa shape index (κ2) is 7.82. The summed E-state index contributed by atoms with van der Waals surface area (Å²) in [6.45, 7) is 0. The number of hydrogen-bond donors (Lipinski definition) is 1. The molecule has 0 spiro atoms. The van der Waals surface area contributed by atoms with Crippen LogP contribution in [0.3, 0.4) is 0 Å². The first-order valence-electron chi connectivity index (χ1n) is 6.04. The summed E-state index contributed by atoms with van der Waals surface area (Å²) in [5.41, 5.74) is 1.31. The van der Waals surface area contributed by atoms with Crippen LogP contribution in [0.5, 0.6) is 5.75 Å². The van der Waals surface area contributed by atoms with E-state index in [4.69, 9.17) is 11.5 Å². The van der Waals surface area contributed by atoms with E-state index in [1.165, 1.54) is 31.2 Å². The molecule has 16 heavy (non-hydrogen) atoms. The molecule has 0 aliphatic rings. The molecule has 1 N–H and O–H groups in total. The molecule has 1 rings (SSSR count). The molecule has 0 aliphatic heterocycles. The first-order chi connectivity index (χ1) is 7.83. The molecule has 0 aromatic heterocycles. The van der Waals surface area contributed by atoms with Gasteiger partial charge in [-0.25, -0.2) is 0 Å². The Morgan fingerprint density at radius 2 is 1.56 bits per heavy atom. The molecule has 0 atom stereocenters. The number of terminal acetylenes is 1. The fourth-order valence-corrected chi connectivity index (χ4v) is 1.75. The Kier molecular flexibility index (Phi) is 6.18. The first kappa shape index (κ1) is 12.6. The van der Waals surface area contributed by atoms with Gasteiger partial charge >= 0.3 is 0 Å². The lowest BCUT2D eigenvalue weighted by atomic mass is 10.0. The third-order valence-electron chi connectivity index (χ3n) is 2.72. The third-order valence-corrected chi connectivity index (χ3v) is 2.72. The van der Waals surface area contributed by atoms with E-state index >= 15 is 0 Å². The first-order valence-corrected chi connectivity index (χ1v) is 6.04. The lowest BCUT2D eigenvalue weighted by molar-refractivity contribution is 0.475. The summed E-state index contributed by atoms with van der Waals surface area (Å²) < 4.78 is 0. The minimum atomic E-state index is 0.345. The van der Waals surface area contributed by atoms with Crippen molar-refractivity contribution in [3.8, 4) is 18.1 Å². The SMILES string of the molecule is C#CCCCCCCCc1ccc(O)cc1. The zero-order chi connectivity index (χ0) is 11.6. The molecule has 0 heterocycles. The minimum Gasteiger partial charge on any atom is -0.508 e. The fourth-order valence-electron chi connectivity index (χ4n) is 1.75. The number of aryl methyl sites for hydroxylation is 1. The highest BCUT2D eigenvalue weighted by atomic mass is 16.3. The Hall–Kier alpha value is -1.42. The second-order valence-electron chi connectivity index (χ2n) is 4.14. The van der Waals surface area contributed by atoms with Gasteiger partial charge in [-0.05, 0) is 37.0 Å². The van der Waals surface area contributed by atoms with E-state index in [2.05, 4.69) is 5.92 Å². The lowest BCUT2D eigenvalue weighted by Crippen LogP contribution is -1.85. The van der Waals surface area contributed by atoms with Crippen molar-refractivity contribution in [3.63, 3.8) is 0 Å². The number of unbranched alkanes of at least 4 members (excludes halogenated alkanes) is 5. The Balaban J connectivity index is 2.03. The van der Waals surface area contributed by atoms with Gasteiger partial charge in [-0.3, -0.25) is 0 Å². The van der Waals surface area contributed by atoms with Crippen molar-refractivity contribution in [1.82, 2.24) is 0 Å². The zero-order valence-electron chi connectivity index (χ0n) is 9.78. The largest absolute Gasteiger partial charge is 0.508 e. The summed E-state index contributed by atoms with van der Waals surface area (Å²) in [5, 5.41) is 9.13. The van der Waals surface area contributed by atoms with Gasteiger partial charge in [0, 0.05) is 6.42 Å². The van der Waals surface area contributed by atoms with Gasteiger partial charge in [0.25, 0.3) is 0 Å². The maximum atomic E-state index is 9.13. The molecular formula is C15H20O. The smallest absolute Gasteiger partial charge is 0.115 e. The molecule has 1 aromatic rings. The van der Waals surface area contributed by atoms with Crippen molar-refractivity contribution in [1.29, 1.82) is 0 Å². The van der Waals surface area contributed by atoms with Crippen molar-refractivity contribution in [2.45, 2.75) is 44.9 Å². The minimum absolute atomic E-state index is 0.345. The third kappa shape index (κ3) is 5.46. The normalized spacial score (nSPS) is 9.94. The highest BCUT2D eigenvalue weighted by molar-refractivity contribution is 5.25. The van der Waals surface area contributed by atoms with Gasteiger partial charge in [-0.1, -0.05) is 31.4 Å². The molecule has 0 aliphatic carbocycles. The lowest BCUT2D eigenvalue weighted by Gasteiger charge is -2.02. The topological polar surface area (TPSA) is 20.2 Å². The van der Waals surface area contributed by atoms with E-state index in [1.54, 1.807) is 12.1 Å². The summed E-state index contributed by atoms with van der Waals surface area (Å²) in [7, 11) is 0. The maximum Gasteiger partial charge on any atom is 0.115 e. The van der Waals surface area contributed by atoms with E-state index in [-0.39, 0.29) is 0 Å². The molecule has 0 unspecified atom stereocenters. The van der Waals surface area contributed by atoms with Gasteiger partial charge in [0.1, 0.15) is 5.75 Å². The Labute approximate surface area is 98.5 Å². The van der Waals surface area contributed by atoms with Crippen LogP contribution in [0.4, 0.5) is 0 Å². The summed E-state index contributed by atoms with van der Waals surface area (Å²) in [5.74, 6) is 3.01. The van der Waals surface area contributed by atoms with Crippen molar-refractivity contribution in [2.24, 2.45) is 0 Å². The van der Waals surface area contributed by atoms with E-state index in [9.17, 15) is 0 Å². The van der Waals surface area contributed by atoms with E-state index < -0.39 is 0 Å². The standard InChI is InChI=1S/C15H20O/c1-2-3-4-5-6-7-8-9-14-10-12-15(16)13-11-14/h1,10-13,16H,3-9H2. The van der Waals surface area contributed by atoms with Gasteiger partial charge in [0.2, 0.25) is 0 Å². The van der Waals surface area contributed by atoms with Gasteiger partial charge < -0.3 is 5.11 Å². The van der Waals surface area contributed by atoms with Crippen LogP contribution < -0.4 is 0 Å². The predicted molar refractivity (Wildman–Crippen MR) is 68.3 cm³/mol. The van der Waals surface area contributed by atoms with Crippen molar-refractivity contribution in [3.05, 3.63) is 29.8 Å². The summed E-state index contributed by atoms with van der Waals surface area (Å²) in [4.78, 5) is 0. The van der Waals surface area contributed by atoms with E-state index in [0.717, 1.165) is 19.3 Å². The Morgan fingerprint density at radius 3 is 2.25 bits per heavy atom. The molecule has 1 nitrogen and oxygen atoms in total. The number of phenolic OH excluding ortho intramolecular Hbond substituents is 1. The van der Waals surface area contributed by atoms with Gasteiger partial charge in [-0.15, -0.1) is 12.3 Å². The Morgan fingerprint density at radius 1 is 0.938 bits per heavy atom. The average Bonchev–Trinajstić information content (AvgIpc) is 2.30. The highest BCUT2D eigenvalue weighted by Crippen LogP contribution is 2.13. The monoisotopic (exact) mass is 216 g/mol. The van der Waals surface area contributed by atoms with Crippen LogP contribution in [-0.4, -0.2) is 5.11 Å². The highest BCUT2D eigenvalue weighted by Gasteiger charge is 1.94. The van der Waals surface area contributed by atoms with Crippen molar-refractivity contribution >= 4 is 0 Å². The van der Waals surface area contributed by atoms with Gasteiger partial charge in [-0.2, -0.15) is 0 Å². The number of phenols is 1. The van der Waals surface area contributed by atoms with Crippen LogP contribution in [0, 0.1) is 12.3 Å². The van der Waals surface area contributed by atoms with Crippen LogP contribution in [-0.2, 0) is 6.42 Å². The van der Waals surface area contributed by atoms with Crippen LogP contribution >= 0.6 is 0 Å². The van der Waals surface area contributed by atoms with E-state index in [0.29, 0.717) is 5.75 Å². The average molecular weight is 216 g/mol. The molecule has 0 radical (unpaired) electrons. The zero-order valence-corrected chi connectivity index (χ0v) is 9.78. The molecule has 0 saturated carbocycles. The molecule has 1 heteroatoms. The van der Waals surface area contributed by atoms with Gasteiger partial charge in [0.05, 0.1) is 0 Å². The van der Waals surface area contributed by atoms with Gasteiger partial charge in [0.15, 0.2) is 0 Å². The van der Waals surface area contributed by atoms with E-state index in [1.807, 2.05) is 12.1 Å². The molecule has 0 amide bonds. The molecule has 0 bridgehead atoms. The molecule has 1 aromatic carbocycles. The summed E-state index contributed by atoms with van der Waals surface area (Å²) >= 11 is 0.